The molecule has 2 rings (SSSR count). The van der Waals surface area contributed by atoms with E-state index >= 15 is 0 Å². The van der Waals surface area contributed by atoms with Crippen LogP contribution in [0.3, 0.4) is 0 Å². The van der Waals surface area contributed by atoms with Crippen LogP contribution in [-0.4, -0.2) is 27.3 Å². The highest BCUT2D eigenvalue weighted by Gasteiger charge is 2.06. The van der Waals surface area contributed by atoms with Crippen LogP contribution >= 0.6 is 11.6 Å². The second-order valence-corrected chi connectivity index (χ2v) is 5.20. The lowest BCUT2D eigenvalue weighted by molar-refractivity contribution is 0.251. The summed E-state index contributed by atoms with van der Waals surface area (Å²) in [6.07, 6.45) is 0. The van der Waals surface area contributed by atoms with Crippen molar-refractivity contribution in [2.75, 3.05) is 11.9 Å². The van der Waals surface area contributed by atoms with Crippen molar-refractivity contribution in [2.45, 2.75) is 27.3 Å². The summed E-state index contributed by atoms with van der Waals surface area (Å²) in [5.74, 6) is 1.56. The summed E-state index contributed by atoms with van der Waals surface area (Å²) >= 11 is 6.06. The Morgan fingerprint density at radius 1 is 1.33 bits per heavy atom. The summed E-state index contributed by atoms with van der Waals surface area (Å²) in [6.45, 7) is 6.69. The third-order valence-corrected chi connectivity index (χ3v) is 3.26. The van der Waals surface area contributed by atoms with Gasteiger partial charge in [-0.2, -0.15) is 5.10 Å². The van der Waals surface area contributed by atoms with E-state index in [2.05, 4.69) is 20.7 Å². The zero-order chi connectivity index (χ0) is 15.4. The lowest BCUT2D eigenvalue weighted by Crippen LogP contribution is -2.32. The van der Waals surface area contributed by atoms with Crippen LogP contribution in [-0.2, 0) is 6.54 Å². The van der Waals surface area contributed by atoms with Gasteiger partial charge in [-0.25, -0.2) is 14.5 Å². The Labute approximate surface area is 128 Å². The molecule has 21 heavy (non-hydrogen) atoms. The summed E-state index contributed by atoms with van der Waals surface area (Å²) in [6, 6.07) is 5.18. The average molecular weight is 308 g/mol. The van der Waals surface area contributed by atoms with E-state index < -0.39 is 0 Å². The molecule has 0 bridgehead atoms. The predicted molar refractivity (Wildman–Crippen MR) is 82.7 cm³/mol. The number of hydrogen-bond donors (Lipinski definition) is 2. The third kappa shape index (κ3) is 4.19. The quantitative estimate of drug-likeness (QED) is 0.912. The number of urea groups is 1. The summed E-state index contributed by atoms with van der Waals surface area (Å²) in [4.78, 5) is 16.0. The smallest absolute Gasteiger partial charge is 0.319 e. The van der Waals surface area contributed by atoms with Gasteiger partial charge in [-0.1, -0.05) is 17.7 Å². The summed E-state index contributed by atoms with van der Waals surface area (Å²) < 4.78 is 1.76. The monoisotopic (exact) mass is 307 g/mol. The molecule has 1 aromatic heterocycles. The number of rotatable bonds is 4. The fourth-order valence-electron chi connectivity index (χ4n) is 1.94. The van der Waals surface area contributed by atoms with Crippen LogP contribution < -0.4 is 10.6 Å². The lowest BCUT2D eigenvalue weighted by atomic mass is 10.2. The summed E-state index contributed by atoms with van der Waals surface area (Å²) in [7, 11) is 0. The summed E-state index contributed by atoms with van der Waals surface area (Å²) in [5.41, 5.74) is 1.63. The standard InChI is InChI=1S/C14H18ClN5O/c1-9-4-5-13(12(15)8-9)18-14(21)16-6-7-20-11(3)17-10(2)19-20/h4-5,8H,6-7H2,1-3H3,(H2,16,18,21). The van der Waals surface area contributed by atoms with Crippen LogP contribution in [0.5, 0.6) is 0 Å². The van der Waals surface area contributed by atoms with Crippen molar-refractivity contribution in [3.8, 4) is 0 Å². The molecule has 7 heteroatoms. The van der Waals surface area contributed by atoms with E-state index in [4.69, 9.17) is 11.6 Å². The van der Waals surface area contributed by atoms with Crippen molar-refractivity contribution in [3.63, 3.8) is 0 Å². The van der Waals surface area contributed by atoms with Crippen molar-refractivity contribution in [3.05, 3.63) is 40.4 Å². The van der Waals surface area contributed by atoms with Gasteiger partial charge >= 0.3 is 6.03 Å². The molecule has 0 aliphatic carbocycles. The van der Waals surface area contributed by atoms with Gasteiger partial charge in [0, 0.05) is 6.54 Å². The van der Waals surface area contributed by atoms with E-state index in [1.54, 1.807) is 16.8 Å². The van der Waals surface area contributed by atoms with Crippen molar-refractivity contribution in [1.29, 1.82) is 0 Å². The predicted octanol–water partition coefficient (Wildman–Crippen LogP) is 2.68. The van der Waals surface area contributed by atoms with Crippen LogP contribution in [0.4, 0.5) is 10.5 Å². The number of halogens is 1. The van der Waals surface area contributed by atoms with Crippen LogP contribution in [0.2, 0.25) is 5.02 Å². The lowest BCUT2D eigenvalue weighted by Gasteiger charge is -2.10. The third-order valence-electron chi connectivity index (χ3n) is 2.94. The number of aryl methyl sites for hydroxylation is 3. The first-order chi connectivity index (χ1) is 9.95. The maximum absolute atomic E-state index is 11.8. The number of hydrogen-bond acceptors (Lipinski definition) is 3. The first kappa shape index (κ1) is 15.3. The van der Waals surface area contributed by atoms with Crippen LogP contribution in [0.1, 0.15) is 17.2 Å². The molecule has 0 unspecified atom stereocenters. The Morgan fingerprint density at radius 2 is 2.10 bits per heavy atom. The van der Waals surface area contributed by atoms with Gasteiger partial charge in [-0.05, 0) is 38.5 Å². The number of amides is 2. The van der Waals surface area contributed by atoms with Crippen molar-refractivity contribution >= 4 is 23.3 Å². The number of benzene rings is 1. The Kier molecular flexibility index (Phi) is 4.80. The molecule has 0 saturated carbocycles. The molecule has 0 atom stereocenters. The molecule has 0 fully saturated rings. The highest BCUT2D eigenvalue weighted by Crippen LogP contribution is 2.22. The second-order valence-electron chi connectivity index (χ2n) is 4.79. The number of aromatic nitrogens is 3. The molecule has 2 amide bonds. The second kappa shape index (κ2) is 6.58. The average Bonchev–Trinajstić information content (AvgIpc) is 2.71. The Morgan fingerprint density at radius 3 is 2.71 bits per heavy atom. The van der Waals surface area contributed by atoms with Gasteiger partial charge < -0.3 is 10.6 Å². The number of nitrogens with one attached hydrogen (secondary N) is 2. The molecular weight excluding hydrogens is 290 g/mol. The molecular formula is C14H18ClN5O. The minimum atomic E-state index is -0.296. The number of carbonyl (C=O) groups is 1. The molecule has 0 aliphatic heterocycles. The normalized spacial score (nSPS) is 10.5. The molecule has 1 heterocycles. The molecule has 0 saturated heterocycles. The molecule has 2 aromatic rings. The van der Waals surface area contributed by atoms with Crippen LogP contribution in [0, 0.1) is 20.8 Å². The van der Waals surface area contributed by atoms with E-state index in [-0.39, 0.29) is 6.03 Å². The molecule has 112 valence electrons. The molecule has 1 aromatic carbocycles. The van der Waals surface area contributed by atoms with Gasteiger partial charge in [-0.3, -0.25) is 0 Å². The highest BCUT2D eigenvalue weighted by molar-refractivity contribution is 6.33. The van der Waals surface area contributed by atoms with Gasteiger partial charge in [0.25, 0.3) is 0 Å². The van der Waals surface area contributed by atoms with Gasteiger partial charge in [0.2, 0.25) is 0 Å². The van der Waals surface area contributed by atoms with E-state index in [0.29, 0.717) is 23.8 Å². The molecule has 6 nitrogen and oxygen atoms in total. The van der Waals surface area contributed by atoms with Crippen LogP contribution in [0.25, 0.3) is 0 Å². The Hall–Kier alpha value is -2.08. The van der Waals surface area contributed by atoms with Gasteiger partial charge in [0.15, 0.2) is 0 Å². The molecule has 0 spiro atoms. The van der Waals surface area contributed by atoms with Gasteiger partial charge in [0.05, 0.1) is 17.3 Å². The highest BCUT2D eigenvalue weighted by atomic mass is 35.5. The number of carbonyl (C=O) groups excluding carboxylic acids is 1. The van der Waals surface area contributed by atoms with E-state index in [0.717, 1.165) is 17.2 Å². The van der Waals surface area contributed by atoms with Gasteiger partial charge in [-0.15, -0.1) is 0 Å². The topological polar surface area (TPSA) is 71.8 Å². The first-order valence-electron chi connectivity index (χ1n) is 6.65. The van der Waals surface area contributed by atoms with Crippen molar-refractivity contribution in [2.24, 2.45) is 0 Å². The fraction of sp³-hybridized carbons (Fsp3) is 0.357. The Balaban J connectivity index is 1.83. The Bertz CT molecular complexity index is 653. The van der Waals surface area contributed by atoms with E-state index in [1.807, 2.05) is 26.8 Å². The van der Waals surface area contributed by atoms with E-state index in [1.165, 1.54) is 0 Å². The largest absolute Gasteiger partial charge is 0.336 e. The minimum Gasteiger partial charge on any atom is -0.336 e. The maximum Gasteiger partial charge on any atom is 0.319 e. The maximum atomic E-state index is 11.8. The first-order valence-corrected chi connectivity index (χ1v) is 7.02. The molecule has 2 N–H and O–H groups in total. The zero-order valence-electron chi connectivity index (χ0n) is 12.3. The van der Waals surface area contributed by atoms with E-state index in [9.17, 15) is 4.79 Å². The number of anilines is 1. The zero-order valence-corrected chi connectivity index (χ0v) is 13.0. The molecule has 0 radical (unpaired) electrons. The molecule has 0 aliphatic rings. The van der Waals surface area contributed by atoms with Crippen molar-refractivity contribution < 1.29 is 4.79 Å². The SMILES string of the molecule is Cc1ccc(NC(=O)NCCn2nc(C)nc2C)c(Cl)c1. The van der Waals surface area contributed by atoms with Gasteiger partial charge in [0.1, 0.15) is 11.6 Å². The van der Waals surface area contributed by atoms with Crippen LogP contribution in [0.15, 0.2) is 18.2 Å². The number of nitrogens with zero attached hydrogens (tertiary/aromatic N) is 3. The van der Waals surface area contributed by atoms with Crippen molar-refractivity contribution in [1.82, 2.24) is 20.1 Å². The summed E-state index contributed by atoms with van der Waals surface area (Å²) in [5, 5.41) is 10.2. The fourth-order valence-corrected chi connectivity index (χ4v) is 2.22. The minimum absolute atomic E-state index is 0.296.